The van der Waals surface area contributed by atoms with E-state index in [1.807, 2.05) is 0 Å². The Bertz CT molecular complexity index is 1770. The largest absolute Gasteiger partial charge is 0.465 e. The summed E-state index contributed by atoms with van der Waals surface area (Å²) in [4.78, 5) is 27.8. The molecule has 8 nitrogen and oxygen atoms in total. The minimum Gasteiger partial charge on any atom is -0.465 e. The van der Waals surface area contributed by atoms with Crippen LogP contribution in [-0.2, 0) is 6.18 Å². The summed E-state index contributed by atoms with van der Waals surface area (Å²) in [5.74, 6) is 5.21. The van der Waals surface area contributed by atoms with Crippen LogP contribution in [0.25, 0.3) is 16.3 Å². The number of hydrogen-bond acceptors (Lipinski definition) is 5. The molecule has 1 fully saturated rings. The lowest BCUT2D eigenvalue weighted by molar-refractivity contribution is -0.137. The molecule has 44 heavy (non-hydrogen) atoms. The minimum atomic E-state index is -4.45. The summed E-state index contributed by atoms with van der Waals surface area (Å²) < 4.78 is 40.2. The molecular formula is C30H24Cl2F3N5O3S. The molecule has 2 aromatic carbocycles. The number of nitrogens with zero attached hydrogens (tertiary/aromatic N) is 4. The SMILES string of the molecule is CN(C(=O)O)c1c(C(=O)NN2CCCCC2)nn(-c2ccc(Cl)cc2Cl)c1-c1ccc(C#Cc2ccc(C(F)(F)F)cc2)s1. The molecule has 0 saturated carbocycles. The van der Waals surface area contributed by atoms with E-state index in [1.54, 1.807) is 29.3 Å². The Morgan fingerprint density at radius 3 is 2.36 bits per heavy atom. The van der Waals surface area contributed by atoms with E-state index in [0.29, 0.717) is 39.1 Å². The number of carboxylic acid groups (broad SMARTS) is 1. The van der Waals surface area contributed by atoms with E-state index < -0.39 is 23.7 Å². The Morgan fingerprint density at radius 1 is 1.02 bits per heavy atom. The lowest BCUT2D eigenvalue weighted by Crippen LogP contribution is -2.45. The maximum atomic E-state index is 13.6. The van der Waals surface area contributed by atoms with E-state index in [2.05, 4.69) is 22.4 Å². The summed E-state index contributed by atoms with van der Waals surface area (Å²) in [6.45, 7) is 1.30. The van der Waals surface area contributed by atoms with Gasteiger partial charge in [-0.15, -0.1) is 11.3 Å². The van der Waals surface area contributed by atoms with Crippen molar-refractivity contribution in [1.29, 1.82) is 0 Å². The van der Waals surface area contributed by atoms with Crippen LogP contribution in [-0.4, -0.2) is 52.0 Å². The summed E-state index contributed by atoms with van der Waals surface area (Å²) in [5, 5.41) is 16.9. The smallest absolute Gasteiger partial charge is 0.416 e. The minimum absolute atomic E-state index is 0.0297. The monoisotopic (exact) mass is 661 g/mol. The van der Waals surface area contributed by atoms with Crippen molar-refractivity contribution < 1.29 is 27.9 Å². The molecule has 0 spiro atoms. The number of alkyl halides is 3. The molecule has 228 valence electrons. The van der Waals surface area contributed by atoms with Gasteiger partial charge in [-0.3, -0.25) is 15.1 Å². The van der Waals surface area contributed by atoms with Gasteiger partial charge in [-0.1, -0.05) is 41.5 Å². The highest BCUT2D eigenvalue weighted by Crippen LogP contribution is 2.41. The number of carbonyl (C=O) groups excluding carboxylic acids is 1. The van der Waals surface area contributed by atoms with Crippen LogP contribution in [0.4, 0.5) is 23.7 Å². The summed E-state index contributed by atoms with van der Waals surface area (Å²) in [5.41, 5.74) is 2.99. The Kier molecular flexibility index (Phi) is 9.22. The fourth-order valence-corrected chi connectivity index (χ4v) is 6.01. The Labute approximate surface area is 264 Å². The van der Waals surface area contributed by atoms with Gasteiger partial charge in [0.15, 0.2) is 5.69 Å². The van der Waals surface area contributed by atoms with Crippen LogP contribution < -0.4 is 10.3 Å². The first-order valence-electron chi connectivity index (χ1n) is 13.3. The van der Waals surface area contributed by atoms with Crippen molar-refractivity contribution >= 4 is 52.2 Å². The molecule has 1 saturated heterocycles. The number of thiophene rings is 1. The van der Waals surface area contributed by atoms with E-state index in [-0.39, 0.29) is 22.1 Å². The van der Waals surface area contributed by atoms with Crippen LogP contribution >= 0.6 is 34.5 Å². The number of piperidine rings is 1. The highest BCUT2D eigenvalue weighted by Gasteiger charge is 2.32. The predicted molar refractivity (Wildman–Crippen MR) is 164 cm³/mol. The van der Waals surface area contributed by atoms with E-state index in [4.69, 9.17) is 23.2 Å². The van der Waals surface area contributed by atoms with Crippen molar-refractivity contribution in [3.63, 3.8) is 0 Å². The normalized spacial score (nSPS) is 13.7. The van der Waals surface area contributed by atoms with Crippen molar-refractivity contribution in [1.82, 2.24) is 20.2 Å². The van der Waals surface area contributed by atoms with Crippen LogP contribution in [0, 0.1) is 11.8 Å². The van der Waals surface area contributed by atoms with E-state index >= 15 is 0 Å². The number of carbonyl (C=O) groups is 2. The fraction of sp³-hybridized carbons (Fsp3) is 0.233. The van der Waals surface area contributed by atoms with Crippen LogP contribution in [0.3, 0.4) is 0 Å². The number of benzene rings is 2. The number of hydrazine groups is 1. The van der Waals surface area contributed by atoms with E-state index in [9.17, 15) is 27.9 Å². The molecule has 0 bridgehead atoms. The van der Waals surface area contributed by atoms with Crippen LogP contribution in [0.15, 0.2) is 54.6 Å². The molecule has 4 aromatic rings. The maximum absolute atomic E-state index is 13.6. The summed E-state index contributed by atoms with van der Waals surface area (Å²) in [6, 6.07) is 12.6. The van der Waals surface area contributed by atoms with Gasteiger partial charge in [0, 0.05) is 30.7 Å². The van der Waals surface area contributed by atoms with Gasteiger partial charge >= 0.3 is 12.3 Å². The van der Waals surface area contributed by atoms with E-state index in [1.165, 1.54) is 41.3 Å². The van der Waals surface area contributed by atoms with Crippen molar-refractivity contribution in [2.45, 2.75) is 25.4 Å². The molecule has 0 aliphatic carbocycles. The maximum Gasteiger partial charge on any atom is 0.416 e. The van der Waals surface area contributed by atoms with Gasteiger partial charge in [0.2, 0.25) is 0 Å². The topological polar surface area (TPSA) is 90.7 Å². The molecule has 1 aliphatic rings. The second-order valence-corrected chi connectivity index (χ2v) is 11.8. The molecule has 5 rings (SSSR count). The van der Waals surface area contributed by atoms with Crippen molar-refractivity contribution in [3.05, 3.63) is 86.3 Å². The lowest BCUT2D eigenvalue weighted by atomic mass is 10.1. The molecule has 2 amide bonds. The van der Waals surface area contributed by atoms with Crippen LogP contribution in [0.5, 0.6) is 0 Å². The number of hydrogen-bond donors (Lipinski definition) is 2. The zero-order valence-electron chi connectivity index (χ0n) is 23.1. The van der Waals surface area contributed by atoms with Gasteiger partial charge < -0.3 is 5.11 Å². The number of aromatic nitrogens is 2. The number of anilines is 1. The van der Waals surface area contributed by atoms with Gasteiger partial charge in [-0.2, -0.15) is 18.3 Å². The average molecular weight is 663 g/mol. The molecule has 2 N–H and O–H groups in total. The molecule has 14 heteroatoms. The van der Waals surface area contributed by atoms with Gasteiger partial charge in [-0.05, 0) is 67.4 Å². The first-order chi connectivity index (χ1) is 20.9. The van der Waals surface area contributed by atoms with E-state index in [0.717, 1.165) is 36.3 Å². The van der Waals surface area contributed by atoms with Gasteiger partial charge in [0.1, 0.15) is 11.4 Å². The molecule has 0 atom stereocenters. The lowest BCUT2D eigenvalue weighted by Gasteiger charge is -2.26. The number of nitrogens with one attached hydrogen (secondary N) is 1. The summed E-state index contributed by atoms with van der Waals surface area (Å²) >= 11 is 13.9. The Hall–Kier alpha value is -4.02. The van der Waals surface area contributed by atoms with Crippen LogP contribution in [0.1, 0.15) is 45.8 Å². The van der Waals surface area contributed by atoms with Gasteiger partial charge in [0.25, 0.3) is 5.91 Å². The second kappa shape index (κ2) is 12.9. The third-order valence-corrected chi connectivity index (χ3v) is 8.38. The molecule has 0 radical (unpaired) electrons. The van der Waals surface area contributed by atoms with Crippen molar-refractivity contribution in [2.24, 2.45) is 0 Å². The second-order valence-electron chi connectivity index (χ2n) is 9.87. The number of amides is 2. The molecule has 1 aliphatic heterocycles. The van der Waals surface area contributed by atoms with Gasteiger partial charge in [0.05, 0.1) is 26.0 Å². The fourth-order valence-electron chi connectivity index (χ4n) is 4.64. The van der Waals surface area contributed by atoms with Crippen molar-refractivity contribution in [2.75, 3.05) is 25.0 Å². The third kappa shape index (κ3) is 6.87. The predicted octanol–water partition coefficient (Wildman–Crippen LogP) is 7.57. The van der Waals surface area contributed by atoms with Gasteiger partial charge in [-0.25, -0.2) is 14.5 Å². The number of halogens is 5. The Balaban J connectivity index is 1.61. The molecule has 2 aromatic heterocycles. The first kappa shape index (κ1) is 31.4. The highest BCUT2D eigenvalue weighted by molar-refractivity contribution is 7.16. The summed E-state index contributed by atoms with van der Waals surface area (Å²) in [7, 11) is 1.31. The molecule has 3 heterocycles. The average Bonchev–Trinajstić information content (AvgIpc) is 3.61. The Morgan fingerprint density at radius 2 is 1.73 bits per heavy atom. The zero-order chi connectivity index (χ0) is 31.6. The van der Waals surface area contributed by atoms with Crippen molar-refractivity contribution in [3.8, 4) is 28.1 Å². The molecular weight excluding hydrogens is 638 g/mol. The van der Waals surface area contributed by atoms with Crippen LogP contribution in [0.2, 0.25) is 10.0 Å². The highest BCUT2D eigenvalue weighted by atomic mass is 35.5. The third-order valence-electron chi connectivity index (χ3n) is 6.83. The first-order valence-corrected chi connectivity index (χ1v) is 14.9. The zero-order valence-corrected chi connectivity index (χ0v) is 25.4. The number of rotatable bonds is 5. The molecule has 0 unspecified atom stereocenters. The quantitative estimate of drug-likeness (QED) is 0.215. The standard InChI is InChI=1S/C30H24Cl2F3N5O3S/c1-38(29(42)43)27-25(28(41)37-39-15-3-2-4-16-39)36-40(23-13-10-20(31)17-22(23)32)26(27)24-14-12-21(44-24)11-7-18-5-8-19(9-6-18)30(33,34)35/h5-6,8-10,12-14,17H,2-4,15-16H2,1H3,(H,37,41)(H,42,43). The summed E-state index contributed by atoms with van der Waals surface area (Å²) in [6.07, 6.45) is -2.90.